The van der Waals surface area contributed by atoms with Gasteiger partial charge in [0.25, 0.3) is 0 Å². The van der Waals surface area contributed by atoms with Gasteiger partial charge in [0, 0.05) is 12.1 Å². The third-order valence-corrected chi connectivity index (χ3v) is 5.02. The molecule has 2 aromatic carbocycles. The van der Waals surface area contributed by atoms with Gasteiger partial charge in [0.2, 0.25) is 0 Å². The van der Waals surface area contributed by atoms with Crippen LogP contribution in [0.1, 0.15) is 43.9 Å². The van der Waals surface area contributed by atoms with Crippen LogP contribution in [-0.2, 0) is 6.54 Å². The Morgan fingerprint density at radius 2 is 2.07 bits per heavy atom. The van der Waals surface area contributed by atoms with Crippen LogP contribution in [0.4, 0.5) is 4.39 Å². The molecule has 1 saturated carbocycles. The summed E-state index contributed by atoms with van der Waals surface area (Å²) in [6, 6.07) is 9.90. The number of nitrogens with zero attached hydrogens (tertiary/aromatic N) is 1. The van der Waals surface area contributed by atoms with Crippen molar-refractivity contribution >= 4 is 5.96 Å². The lowest BCUT2D eigenvalue weighted by Crippen LogP contribution is -2.38. The van der Waals surface area contributed by atoms with E-state index in [0.29, 0.717) is 42.1 Å². The third kappa shape index (κ3) is 6.02. The Balaban J connectivity index is 1.66. The number of guanidine groups is 1. The summed E-state index contributed by atoms with van der Waals surface area (Å²) in [5.41, 5.74) is 1.45. The molecule has 0 heterocycles. The van der Waals surface area contributed by atoms with Crippen LogP contribution < -0.4 is 20.1 Å². The minimum absolute atomic E-state index is 0.160. The molecule has 0 aliphatic heterocycles. The van der Waals surface area contributed by atoms with Crippen LogP contribution in [-0.4, -0.2) is 31.3 Å². The van der Waals surface area contributed by atoms with Crippen LogP contribution in [0.25, 0.3) is 0 Å². The van der Waals surface area contributed by atoms with Crippen LogP contribution in [0, 0.1) is 11.7 Å². The molecule has 1 aliphatic carbocycles. The molecule has 162 valence electrons. The molecular weight excluding hydrogens is 385 g/mol. The molecular formula is C23H30FN3O3. The van der Waals surface area contributed by atoms with E-state index in [1.54, 1.807) is 31.4 Å². The zero-order valence-corrected chi connectivity index (χ0v) is 17.7. The van der Waals surface area contributed by atoms with Crippen molar-refractivity contribution in [1.29, 1.82) is 0 Å². The summed E-state index contributed by atoms with van der Waals surface area (Å²) in [5, 5.41) is 16.5. The van der Waals surface area contributed by atoms with Gasteiger partial charge in [-0.3, -0.25) is 0 Å². The molecule has 7 heteroatoms. The molecule has 0 bridgehead atoms. The Kier molecular flexibility index (Phi) is 7.38. The highest BCUT2D eigenvalue weighted by Crippen LogP contribution is 2.30. The molecule has 3 rings (SSSR count). The summed E-state index contributed by atoms with van der Waals surface area (Å²) in [5.74, 6) is 1.90. The Bertz CT molecular complexity index is 884. The molecule has 0 aromatic heterocycles. The van der Waals surface area contributed by atoms with Crippen LogP contribution in [0.3, 0.4) is 0 Å². The van der Waals surface area contributed by atoms with Gasteiger partial charge in [0.05, 0.1) is 26.3 Å². The minimum Gasteiger partial charge on any atom is -0.508 e. The number of rotatable bonds is 9. The molecule has 0 spiro atoms. The van der Waals surface area contributed by atoms with Gasteiger partial charge in [-0.05, 0) is 68.5 Å². The fourth-order valence-corrected chi connectivity index (χ4v) is 2.98. The number of phenols is 1. The average Bonchev–Trinajstić information content (AvgIpc) is 3.56. The van der Waals surface area contributed by atoms with E-state index in [1.807, 2.05) is 19.9 Å². The maximum absolute atomic E-state index is 14.4. The van der Waals surface area contributed by atoms with E-state index in [2.05, 4.69) is 15.6 Å². The molecule has 1 aliphatic rings. The largest absolute Gasteiger partial charge is 0.508 e. The Labute approximate surface area is 177 Å². The van der Waals surface area contributed by atoms with Crippen molar-refractivity contribution in [2.45, 2.75) is 39.3 Å². The van der Waals surface area contributed by atoms with Crippen molar-refractivity contribution in [2.75, 3.05) is 20.3 Å². The van der Waals surface area contributed by atoms with Crippen molar-refractivity contribution < 1.29 is 19.0 Å². The van der Waals surface area contributed by atoms with Gasteiger partial charge in [0.15, 0.2) is 17.5 Å². The SMILES string of the molecule is CCNC(=NCc1cc(OC)ccc1O)NC(C)c1ccc(OCC2CC2)c(F)c1. The van der Waals surface area contributed by atoms with E-state index in [9.17, 15) is 9.50 Å². The summed E-state index contributed by atoms with van der Waals surface area (Å²) in [6.45, 7) is 5.43. The molecule has 0 saturated heterocycles. The van der Waals surface area contributed by atoms with E-state index in [0.717, 1.165) is 5.56 Å². The maximum atomic E-state index is 14.4. The molecule has 1 fully saturated rings. The lowest BCUT2D eigenvalue weighted by atomic mass is 10.1. The maximum Gasteiger partial charge on any atom is 0.192 e. The molecule has 3 N–H and O–H groups in total. The van der Waals surface area contributed by atoms with Gasteiger partial charge in [-0.25, -0.2) is 9.38 Å². The smallest absolute Gasteiger partial charge is 0.192 e. The van der Waals surface area contributed by atoms with Gasteiger partial charge >= 0.3 is 0 Å². The number of ether oxygens (including phenoxy) is 2. The summed E-state index contributed by atoms with van der Waals surface area (Å²) >= 11 is 0. The summed E-state index contributed by atoms with van der Waals surface area (Å²) < 4.78 is 25.2. The first kappa shape index (κ1) is 21.7. The summed E-state index contributed by atoms with van der Waals surface area (Å²) in [4.78, 5) is 4.54. The number of halogens is 1. The number of hydrogen-bond acceptors (Lipinski definition) is 4. The number of aliphatic imine (C=N–C) groups is 1. The van der Waals surface area contributed by atoms with Gasteiger partial charge in [0.1, 0.15) is 11.5 Å². The molecule has 0 radical (unpaired) electrons. The highest BCUT2D eigenvalue weighted by molar-refractivity contribution is 5.80. The fraction of sp³-hybridized carbons (Fsp3) is 0.435. The summed E-state index contributed by atoms with van der Waals surface area (Å²) in [7, 11) is 1.58. The Morgan fingerprint density at radius 3 is 2.73 bits per heavy atom. The first-order chi connectivity index (χ1) is 14.5. The number of hydrogen-bond donors (Lipinski definition) is 3. The first-order valence-electron chi connectivity index (χ1n) is 10.3. The monoisotopic (exact) mass is 415 g/mol. The van der Waals surface area contributed by atoms with Crippen LogP contribution in [0.2, 0.25) is 0 Å². The van der Waals surface area contributed by atoms with E-state index in [1.165, 1.54) is 18.9 Å². The second kappa shape index (κ2) is 10.2. The zero-order valence-electron chi connectivity index (χ0n) is 17.7. The standard InChI is InChI=1S/C23H30FN3O3/c1-4-25-23(26-13-18-11-19(29-3)8-9-21(18)28)27-15(2)17-7-10-22(20(24)12-17)30-14-16-5-6-16/h7-12,15-16,28H,4-6,13-14H2,1-3H3,(H2,25,26,27). The van der Waals surface area contributed by atoms with Crippen molar-refractivity contribution in [3.63, 3.8) is 0 Å². The van der Waals surface area contributed by atoms with Gasteiger partial charge in [-0.15, -0.1) is 0 Å². The molecule has 2 aromatic rings. The fourth-order valence-electron chi connectivity index (χ4n) is 2.98. The molecule has 0 amide bonds. The Morgan fingerprint density at radius 1 is 1.27 bits per heavy atom. The van der Waals surface area contributed by atoms with Crippen LogP contribution >= 0.6 is 0 Å². The van der Waals surface area contributed by atoms with Gasteiger partial charge in [-0.1, -0.05) is 6.07 Å². The lowest BCUT2D eigenvalue weighted by Gasteiger charge is -2.19. The van der Waals surface area contributed by atoms with E-state index >= 15 is 0 Å². The highest BCUT2D eigenvalue weighted by atomic mass is 19.1. The molecule has 1 unspecified atom stereocenters. The lowest BCUT2D eigenvalue weighted by molar-refractivity contribution is 0.285. The molecule has 30 heavy (non-hydrogen) atoms. The number of benzene rings is 2. The summed E-state index contributed by atoms with van der Waals surface area (Å²) in [6.07, 6.45) is 2.33. The second-order valence-electron chi connectivity index (χ2n) is 7.50. The van der Waals surface area contributed by atoms with Crippen molar-refractivity contribution in [3.8, 4) is 17.2 Å². The Hall–Kier alpha value is -2.96. The first-order valence-corrected chi connectivity index (χ1v) is 10.3. The van der Waals surface area contributed by atoms with Crippen molar-refractivity contribution in [2.24, 2.45) is 10.9 Å². The highest BCUT2D eigenvalue weighted by Gasteiger charge is 2.22. The third-order valence-electron chi connectivity index (χ3n) is 5.02. The van der Waals surface area contributed by atoms with E-state index in [-0.39, 0.29) is 24.2 Å². The number of methoxy groups -OCH3 is 1. The number of phenolic OH excluding ortho intramolecular Hbond substituents is 1. The van der Waals surface area contributed by atoms with Gasteiger partial charge < -0.3 is 25.2 Å². The van der Waals surface area contributed by atoms with Crippen molar-refractivity contribution in [1.82, 2.24) is 10.6 Å². The van der Waals surface area contributed by atoms with Gasteiger partial charge in [-0.2, -0.15) is 0 Å². The quantitative estimate of drug-likeness (QED) is 0.424. The minimum atomic E-state index is -0.356. The van der Waals surface area contributed by atoms with Crippen molar-refractivity contribution in [3.05, 3.63) is 53.3 Å². The van der Waals surface area contributed by atoms with Crippen LogP contribution in [0.15, 0.2) is 41.4 Å². The predicted molar refractivity (Wildman–Crippen MR) is 116 cm³/mol. The topological polar surface area (TPSA) is 75.1 Å². The normalized spacial score (nSPS) is 14.9. The zero-order chi connectivity index (χ0) is 21.5. The predicted octanol–water partition coefficient (Wildman–Crippen LogP) is 4.15. The molecule has 1 atom stereocenters. The number of nitrogens with one attached hydrogen (secondary N) is 2. The molecule has 6 nitrogen and oxygen atoms in total. The second-order valence-corrected chi connectivity index (χ2v) is 7.50. The van der Waals surface area contributed by atoms with E-state index < -0.39 is 0 Å². The number of aromatic hydroxyl groups is 1. The van der Waals surface area contributed by atoms with Crippen LogP contribution in [0.5, 0.6) is 17.2 Å². The van der Waals surface area contributed by atoms with E-state index in [4.69, 9.17) is 9.47 Å². The average molecular weight is 416 g/mol.